The van der Waals surface area contributed by atoms with E-state index in [4.69, 9.17) is 0 Å². The fourth-order valence-electron chi connectivity index (χ4n) is 1.79. The van der Waals surface area contributed by atoms with Gasteiger partial charge in [-0.1, -0.05) is 20.8 Å². The van der Waals surface area contributed by atoms with Crippen molar-refractivity contribution in [2.24, 2.45) is 5.92 Å². The molecule has 2 unspecified atom stereocenters. The molecular formula is C13H18BrF2N. The van der Waals surface area contributed by atoms with Crippen LogP contribution in [0.4, 0.5) is 8.78 Å². The Bertz CT molecular complexity index is 382. The normalized spacial score (nSPS) is 14.7. The molecule has 17 heavy (non-hydrogen) atoms. The van der Waals surface area contributed by atoms with E-state index in [0.29, 0.717) is 4.47 Å². The quantitative estimate of drug-likeness (QED) is 0.808. The monoisotopic (exact) mass is 305 g/mol. The summed E-state index contributed by atoms with van der Waals surface area (Å²) < 4.78 is 27.9. The average Bonchev–Trinajstić information content (AvgIpc) is 2.31. The minimum atomic E-state index is -0.485. The van der Waals surface area contributed by atoms with Gasteiger partial charge in [0.1, 0.15) is 11.6 Å². The van der Waals surface area contributed by atoms with Crippen LogP contribution in [0.2, 0.25) is 0 Å². The van der Waals surface area contributed by atoms with E-state index in [2.05, 4.69) is 21.2 Å². The fourth-order valence-corrected chi connectivity index (χ4v) is 2.14. The van der Waals surface area contributed by atoms with Gasteiger partial charge in [-0.3, -0.25) is 0 Å². The molecule has 1 rings (SSSR count). The van der Waals surface area contributed by atoms with Crippen molar-refractivity contribution in [3.05, 3.63) is 33.8 Å². The number of hydrogen-bond acceptors (Lipinski definition) is 1. The molecule has 1 N–H and O–H groups in total. The molecule has 0 amide bonds. The van der Waals surface area contributed by atoms with Crippen LogP contribution < -0.4 is 5.32 Å². The highest BCUT2D eigenvalue weighted by Gasteiger charge is 2.22. The maximum atomic E-state index is 13.9. The van der Waals surface area contributed by atoms with Crippen LogP contribution in [0.1, 0.15) is 32.3 Å². The van der Waals surface area contributed by atoms with Gasteiger partial charge in [0, 0.05) is 5.56 Å². The van der Waals surface area contributed by atoms with Gasteiger partial charge in [0.05, 0.1) is 4.47 Å². The Kier molecular flexibility index (Phi) is 5.53. The van der Waals surface area contributed by atoms with Crippen molar-refractivity contribution >= 4 is 15.9 Å². The van der Waals surface area contributed by atoms with Gasteiger partial charge in [-0.2, -0.15) is 0 Å². The van der Waals surface area contributed by atoms with Gasteiger partial charge in [-0.05, 0) is 53.0 Å². The Morgan fingerprint density at radius 1 is 1.29 bits per heavy atom. The molecule has 2 atom stereocenters. The second-order valence-corrected chi connectivity index (χ2v) is 5.18. The first-order valence-electron chi connectivity index (χ1n) is 5.83. The van der Waals surface area contributed by atoms with Gasteiger partial charge in [-0.15, -0.1) is 0 Å². The van der Waals surface area contributed by atoms with Crippen molar-refractivity contribution in [3.8, 4) is 0 Å². The average molecular weight is 306 g/mol. The van der Waals surface area contributed by atoms with E-state index < -0.39 is 11.6 Å². The largest absolute Gasteiger partial charge is 0.317 e. The molecule has 1 aromatic carbocycles. The van der Waals surface area contributed by atoms with Crippen molar-refractivity contribution in [1.29, 1.82) is 0 Å². The zero-order chi connectivity index (χ0) is 13.0. The van der Waals surface area contributed by atoms with Crippen LogP contribution in [0.3, 0.4) is 0 Å². The third-order valence-corrected chi connectivity index (χ3v) is 3.72. The van der Waals surface area contributed by atoms with Crippen LogP contribution in [-0.4, -0.2) is 13.1 Å². The fraction of sp³-hybridized carbons (Fsp3) is 0.538. The number of rotatable bonds is 5. The van der Waals surface area contributed by atoms with E-state index in [1.165, 1.54) is 12.1 Å². The maximum absolute atomic E-state index is 13.9. The van der Waals surface area contributed by atoms with E-state index >= 15 is 0 Å². The van der Waals surface area contributed by atoms with Crippen LogP contribution in [-0.2, 0) is 0 Å². The van der Waals surface area contributed by atoms with Crippen LogP contribution in [0.15, 0.2) is 16.6 Å². The van der Waals surface area contributed by atoms with Gasteiger partial charge in [0.2, 0.25) is 0 Å². The summed E-state index contributed by atoms with van der Waals surface area (Å²) in [5.41, 5.74) is 0.171. The Morgan fingerprint density at radius 2 is 1.94 bits per heavy atom. The second-order valence-electron chi connectivity index (χ2n) is 4.33. The Morgan fingerprint density at radius 3 is 2.53 bits per heavy atom. The molecule has 4 heteroatoms. The summed E-state index contributed by atoms with van der Waals surface area (Å²) in [6.45, 7) is 7.48. The van der Waals surface area contributed by atoms with Crippen molar-refractivity contribution in [3.63, 3.8) is 0 Å². The highest BCUT2D eigenvalue weighted by Crippen LogP contribution is 2.31. The molecule has 0 aliphatic carbocycles. The number of hydrogen-bond donors (Lipinski definition) is 1. The molecule has 0 saturated heterocycles. The molecule has 0 saturated carbocycles. The maximum Gasteiger partial charge on any atom is 0.143 e. The van der Waals surface area contributed by atoms with Crippen LogP contribution in [0.25, 0.3) is 0 Å². The molecule has 0 bridgehead atoms. The van der Waals surface area contributed by atoms with Crippen LogP contribution in [0, 0.1) is 17.6 Å². The van der Waals surface area contributed by atoms with Crippen LogP contribution in [0.5, 0.6) is 0 Å². The van der Waals surface area contributed by atoms with Gasteiger partial charge in [0.25, 0.3) is 0 Å². The zero-order valence-electron chi connectivity index (χ0n) is 10.4. The molecule has 0 aromatic heterocycles. The number of benzene rings is 1. The Hall–Kier alpha value is -0.480. The van der Waals surface area contributed by atoms with Crippen molar-refractivity contribution in [1.82, 2.24) is 5.32 Å². The Balaban J connectivity index is 2.95. The molecular weight excluding hydrogens is 288 g/mol. The first-order chi connectivity index (χ1) is 7.99. The zero-order valence-corrected chi connectivity index (χ0v) is 11.9. The summed E-state index contributed by atoms with van der Waals surface area (Å²) >= 11 is 3.09. The summed E-state index contributed by atoms with van der Waals surface area (Å²) in [7, 11) is 0. The van der Waals surface area contributed by atoms with Crippen molar-refractivity contribution < 1.29 is 8.78 Å². The minimum absolute atomic E-state index is 0.161. The second kappa shape index (κ2) is 6.45. The highest BCUT2D eigenvalue weighted by molar-refractivity contribution is 9.10. The molecule has 1 nitrogen and oxygen atoms in total. The van der Waals surface area contributed by atoms with Crippen LogP contribution >= 0.6 is 15.9 Å². The molecule has 1 aromatic rings. The first kappa shape index (κ1) is 14.6. The molecule has 0 fully saturated rings. The SMILES string of the molecule is CCNCC(C)C(C)c1c(F)ccc(Br)c1F. The van der Waals surface area contributed by atoms with E-state index in [1.54, 1.807) is 0 Å². The van der Waals surface area contributed by atoms with Gasteiger partial charge < -0.3 is 5.32 Å². The standard InChI is InChI=1S/C13H18BrF2N/c1-4-17-7-8(2)9(3)12-11(15)6-5-10(14)13(12)16/h5-6,8-9,17H,4,7H2,1-3H3. The van der Waals surface area contributed by atoms with E-state index in [-0.39, 0.29) is 17.4 Å². The highest BCUT2D eigenvalue weighted by atomic mass is 79.9. The predicted molar refractivity (Wildman–Crippen MR) is 70.2 cm³/mol. The molecule has 0 aliphatic heterocycles. The lowest BCUT2D eigenvalue weighted by molar-refractivity contribution is 0.421. The molecule has 96 valence electrons. The summed E-state index contributed by atoms with van der Waals surface area (Å²) in [4.78, 5) is 0. The van der Waals surface area contributed by atoms with Gasteiger partial charge in [0.15, 0.2) is 0 Å². The van der Waals surface area contributed by atoms with E-state index in [0.717, 1.165) is 13.1 Å². The summed E-state index contributed by atoms with van der Waals surface area (Å²) in [6.07, 6.45) is 0. The van der Waals surface area contributed by atoms with E-state index in [1.807, 2.05) is 20.8 Å². The summed E-state index contributed by atoms with van der Waals surface area (Å²) in [6, 6.07) is 2.70. The smallest absolute Gasteiger partial charge is 0.143 e. The third-order valence-electron chi connectivity index (χ3n) is 3.10. The lowest BCUT2D eigenvalue weighted by Gasteiger charge is -2.22. The Labute approximate surface area is 110 Å². The molecule has 0 spiro atoms. The number of halogens is 3. The molecule has 0 aliphatic rings. The lowest BCUT2D eigenvalue weighted by Crippen LogP contribution is -2.25. The lowest BCUT2D eigenvalue weighted by atomic mass is 9.88. The third kappa shape index (κ3) is 3.49. The van der Waals surface area contributed by atoms with Gasteiger partial charge in [-0.25, -0.2) is 8.78 Å². The first-order valence-corrected chi connectivity index (χ1v) is 6.62. The van der Waals surface area contributed by atoms with E-state index in [9.17, 15) is 8.78 Å². The van der Waals surface area contributed by atoms with Gasteiger partial charge >= 0.3 is 0 Å². The minimum Gasteiger partial charge on any atom is -0.317 e. The molecule has 0 heterocycles. The van der Waals surface area contributed by atoms with Crippen molar-refractivity contribution in [2.75, 3.05) is 13.1 Å². The van der Waals surface area contributed by atoms with Crippen molar-refractivity contribution in [2.45, 2.75) is 26.7 Å². The summed E-state index contributed by atoms with van der Waals surface area (Å²) in [5.74, 6) is -0.942. The summed E-state index contributed by atoms with van der Waals surface area (Å²) in [5, 5.41) is 3.20. The predicted octanol–water partition coefficient (Wildman–Crippen LogP) is 4.08. The number of nitrogens with one attached hydrogen (secondary N) is 1. The topological polar surface area (TPSA) is 12.0 Å². The molecule has 0 radical (unpaired) electrons.